The zero-order chi connectivity index (χ0) is 19.9. The third kappa shape index (κ3) is 3.22. The third-order valence-electron chi connectivity index (χ3n) is 4.89. The highest BCUT2D eigenvalue weighted by Crippen LogP contribution is 2.26. The smallest absolute Gasteiger partial charge is 0.261 e. The minimum atomic E-state index is -0.280. The Bertz CT molecular complexity index is 1010. The van der Waals surface area contributed by atoms with Gasteiger partial charge in [0.05, 0.1) is 11.1 Å². The number of carbonyl (C=O) groups is 2. The van der Waals surface area contributed by atoms with Crippen molar-refractivity contribution in [1.29, 1.82) is 0 Å². The van der Waals surface area contributed by atoms with Crippen molar-refractivity contribution in [1.82, 2.24) is 15.1 Å². The van der Waals surface area contributed by atoms with Crippen molar-refractivity contribution in [2.75, 3.05) is 6.54 Å². The van der Waals surface area contributed by atoms with Crippen LogP contribution < -0.4 is 0 Å². The van der Waals surface area contributed by atoms with Gasteiger partial charge in [-0.1, -0.05) is 45.0 Å². The van der Waals surface area contributed by atoms with E-state index >= 15 is 0 Å². The second-order valence-electron chi connectivity index (χ2n) is 7.89. The molecule has 1 aromatic heterocycles. The van der Waals surface area contributed by atoms with Crippen LogP contribution in [0.2, 0.25) is 0 Å². The maximum absolute atomic E-state index is 12.4. The fourth-order valence-corrected chi connectivity index (χ4v) is 3.23. The predicted molar refractivity (Wildman–Crippen MR) is 104 cm³/mol. The van der Waals surface area contributed by atoms with E-state index in [9.17, 15) is 9.59 Å². The van der Waals surface area contributed by atoms with Gasteiger partial charge in [-0.25, -0.2) is 0 Å². The second-order valence-corrected chi connectivity index (χ2v) is 7.89. The molecule has 142 valence electrons. The number of rotatable bonds is 4. The van der Waals surface area contributed by atoms with E-state index in [4.69, 9.17) is 4.42 Å². The Morgan fingerprint density at radius 3 is 2.07 bits per heavy atom. The van der Waals surface area contributed by atoms with E-state index in [-0.39, 0.29) is 23.8 Å². The molecule has 0 bridgehead atoms. The molecule has 0 radical (unpaired) electrons. The average Bonchev–Trinajstić information content (AvgIpc) is 3.24. The van der Waals surface area contributed by atoms with E-state index in [0.29, 0.717) is 29.3 Å². The summed E-state index contributed by atoms with van der Waals surface area (Å²) in [6.07, 6.45) is 0.318. The summed E-state index contributed by atoms with van der Waals surface area (Å²) >= 11 is 0. The van der Waals surface area contributed by atoms with Crippen LogP contribution in [0.25, 0.3) is 11.5 Å². The van der Waals surface area contributed by atoms with E-state index in [2.05, 4.69) is 43.1 Å². The number of nitrogens with zero attached hydrogens (tertiary/aromatic N) is 3. The average molecular weight is 375 g/mol. The van der Waals surface area contributed by atoms with Crippen molar-refractivity contribution in [2.45, 2.75) is 32.6 Å². The van der Waals surface area contributed by atoms with Gasteiger partial charge < -0.3 is 4.42 Å². The molecule has 0 atom stereocenters. The molecule has 28 heavy (non-hydrogen) atoms. The Balaban J connectivity index is 1.45. The fourth-order valence-electron chi connectivity index (χ4n) is 3.23. The number of aromatic nitrogens is 2. The first kappa shape index (κ1) is 18.1. The molecule has 1 aliphatic rings. The van der Waals surface area contributed by atoms with Gasteiger partial charge in [0.25, 0.3) is 11.8 Å². The van der Waals surface area contributed by atoms with E-state index < -0.39 is 0 Å². The van der Waals surface area contributed by atoms with E-state index in [1.807, 2.05) is 12.1 Å². The minimum absolute atomic E-state index is 0.0743. The molecular weight excluding hydrogens is 354 g/mol. The Hall–Kier alpha value is -3.28. The quantitative estimate of drug-likeness (QED) is 0.647. The maximum atomic E-state index is 12.4. The lowest BCUT2D eigenvalue weighted by Crippen LogP contribution is -2.31. The van der Waals surface area contributed by atoms with E-state index in [1.165, 1.54) is 10.5 Å². The van der Waals surface area contributed by atoms with Crippen molar-refractivity contribution in [3.8, 4) is 11.5 Å². The van der Waals surface area contributed by atoms with Gasteiger partial charge in [-0.15, -0.1) is 10.2 Å². The Morgan fingerprint density at radius 2 is 1.50 bits per heavy atom. The molecule has 0 fully saturated rings. The zero-order valence-corrected chi connectivity index (χ0v) is 16.1. The lowest BCUT2D eigenvalue weighted by molar-refractivity contribution is 0.0654. The number of carbonyl (C=O) groups excluding carboxylic acids is 2. The SMILES string of the molecule is CC(C)(C)c1ccc(-c2nnc(CCN3C(=O)c4ccccc4C3=O)o2)cc1. The van der Waals surface area contributed by atoms with Gasteiger partial charge in [-0.05, 0) is 35.2 Å². The summed E-state index contributed by atoms with van der Waals surface area (Å²) < 4.78 is 5.73. The van der Waals surface area contributed by atoms with Gasteiger partial charge in [0.2, 0.25) is 11.8 Å². The van der Waals surface area contributed by atoms with Gasteiger partial charge in [0, 0.05) is 18.5 Å². The normalized spacial score (nSPS) is 13.9. The van der Waals surface area contributed by atoms with Crippen LogP contribution in [0.5, 0.6) is 0 Å². The zero-order valence-electron chi connectivity index (χ0n) is 16.1. The summed E-state index contributed by atoms with van der Waals surface area (Å²) in [7, 11) is 0. The number of amides is 2. The van der Waals surface area contributed by atoms with Crippen molar-refractivity contribution < 1.29 is 14.0 Å². The molecule has 2 aromatic carbocycles. The Kier molecular flexibility index (Phi) is 4.34. The van der Waals surface area contributed by atoms with Gasteiger partial charge in [-0.3, -0.25) is 14.5 Å². The van der Waals surface area contributed by atoms with Crippen molar-refractivity contribution in [3.05, 3.63) is 71.1 Å². The highest BCUT2D eigenvalue weighted by molar-refractivity contribution is 6.21. The summed E-state index contributed by atoms with van der Waals surface area (Å²) in [4.78, 5) is 26.0. The Morgan fingerprint density at radius 1 is 0.893 bits per heavy atom. The summed E-state index contributed by atoms with van der Waals surface area (Å²) in [6, 6.07) is 14.9. The highest BCUT2D eigenvalue weighted by Gasteiger charge is 2.34. The molecule has 4 rings (SSSR count). The number of hydrogen-bond acceptors (Lipinski definition) is 5. The maximum Gasteiger partial charge on any atom is 0.261 e. The van der Waals surface area contributed by atoms with Crippen LogP contribution >= 0.6 is 0 Å². The first-order valence-corrected chi connectivity index (χ1v) is 9.23. The molecule has 0 saturated carbocycles. The molecule has 0 N–H and O–H groups in total. The molecule has 0 saturated heterocycles. The van der Waals surface area contributed by atoms with Crippen LogP contribution in [0, 0.1) is 0 Å². The first-order chi connectivity index (χ1) is 13.3. The fraction of sp³-hybridized carbons (Fsp3) is 0.273. The largest absolute Gasteiger partial charge is 0.421 e. The molecule has 6 nitrogen and oxygen atoms in total. The summed E-state index contributed by atoms with van der Waals surface area (Å²) in [5, 5.41) is 8.15. The van der Waals surface area contributed by atoms with E-state index in [1.54, 1.807) is 24.3 Å². The molecule has 0 aliphatic carbocycles. The van der Waals surface area contributed by atoms with Gasteiger partial charge in [0.1, 0.15) is 0 Å². The summed E-state index contributed by atoms with van der Waals surface area (Å²) in [6.45, 7) is 6.68. The monoisotopic (exact) mass is 375 g/mol. The second kappa shape index (κ2) is 6.71. The van der Waals surface area contributed by atoms with Crippen LogP contribution in [-0.4, -0.2) is 33.5 Å². The minimum Gasteiger partial charge on any atom is -0.421 e. The number of hydrogen-bond donors (Lipinski definition) is 0. The molecular formula is C22H21N3O3. The highest BCUT2D eigenvalue weighted by atomic mass is 16.4. The van der Waals surface area contributed by atoms with Crippen molar-refractivity contribution in [3.63, 3.8) is 0 Å². The lowest BCUT2D eigenvalue weighted by atomic mass is 9.87. The summed E-state index contributed by atoms with van der Waals surface area (Å²) in [5.74, 6) is 0.264. The van der Waals surface area contributed by atoms with Crippen LogP contribution in [0.1, 0.15) is 52.9 Å². The van der Waals surface area contributed by atoms with Crippen LogP contribution in [0.3, 0.4) is 0 Å². The molecule has 2 amide bonds. The third-order valence-corrected chi connectivity index (χ3v) is 4.89. The predicted octanol–water partition coefficient (Wildman–Crippen LogP) is 3.87. The van der Waals surface area contributed by atoms with Crippen molar-refractivity contribution in [2.24, 2.45) is 0 Å². The van der Waals surface area contributed by atoms with E-state index in [0.717, 1.165) is 5.56 Å². The molecule has 3 aromatic rings. The lowest BCUT2D eigenvalue weighted by Gasteiger charge is -2.18. The molecule has 0 unspecified atom stereocenters. The van der Waals surface area contributed by atoms with Crippen molar-refractivity contribution >= 4 is 11.8 Å². The number of imide groups is 1. The standard InChI is InChI=1S/C22H21N3O3/c1-22(2,3)15-10-8-14(9-11-15)19-24-23-18(28-19)12-13-25-20(26)16-6-4-5-7-17(16)21(25)27/h4-11H,12-13H2,1-3H3. The molecule has 0 spiro atoms. The van der Waals surface area contributed by atoms with Crippen LogP contribution in [-0.2, 0) is 11.8 Å². The van der Waals surface area contributed by atoms with Gasteiger partial charge >= 0.3 is 0 Å². The number of fused-ring (bicyclic) bond motifs is 1. The van der Waals surface area contributed by atoms with Crippen LogP contribution in [0.15, 0.2) is 52.9 Å². The topological polar surface area (TPSA) is 76.3 Å². The molecule has 2 heterocycles. The Labute approximate surface area is 163 Å². The van der Waals surface area contributed by atoms with Crippen LogP contribution in [0.4, 0.5) is 0 Å². The molecule has 1 aliphatic heterocycles. The van der Waals surface area contributed by atoms with Gasteiger partial charge in [-0.2, -0.15) is 0 Å². The summed E-state index contributed by atoms with van der Waals surface area (Å²) in [5.41, 5.74) is 3.02. The molecule has 6 heteroatoms. The van der Waals surface area contributed by atoms with Gasteiger partial charge in [0.15, 0.2) is 0 Å². The first-order valence-electron chi connectivity index (χ1n) is 9.23. The number of benzene rings is 2.